The van der Waals surface area contributed by atoms with Crippen LogP contribution in [0.5, 0.6) is 11.5 Å². The Kier molecular flexibility index (Phi) is 4.44. The number of nitrogens with one attached hydrogen (secondary N) is 1. The fraction of sp³-hybridized carbons (Fsp3) is 0.571. The standard InChI is InChI=1S/C14H22N2O2/c1-11-8-13(17-2)14(18-3)9-12(11)10-16-6-4-15-5-7-16/h8-9,15H,4-7,10H2,1-3H3. The molecule has 18 heavy (non-hydrogen) atoms. The molecule has 0 aromatic heterocycles. The number of hydrogen-bond donors (Lipinski definition) is 1. The van der Waals surface area contributed by atoms with Gasteiger partial charge in [0.05, 0.1) is 14.2 Å². The number of piperazine rings is 1. The zero-order valence-corrected chi connectivity index (χ0v) is 11.5. The van der Waals surface area contributed by atoms with Gasteiger partial charge >= 0.3 is 0 Å². The molecule has 2 rings (SSSR count). The van der Waals surface area contributed by atoms with Gasteiger partial charge in [-0.1, -0.05) is 0 Å². The molecular weight excluding hydrogens is 228 g/mol. The van der Waals surface area contributed by atoms with Gasteiger partial charge in [0, 0.05) is 32.7 Å². The van der Waals surface area contributed by atoms with Gasteiger partial charge in [0.25, 0.3) is 0 Å². The molecule has 0 spiro atoms. The molecule has 0 unspecified atom stereocenters. The van der Waals surface area contributed by atoms with Gasteiger partial charge in [-0.2, -0.15) is 0 Å². The van der Waals surface area contributed by atoms with E-state index in [-0.39, 0.29) is 0 Å². The smallest absolute Gasteiger partial charge is 0.161 e. The Labute approximate surface area is 109 Å². The molecule has 1 fully saturated rings. The molecule has 0 aliphatic carbocycles. The third-order valence-electron chi connectivity index (χ3n) is 3.45. The van der Waals surface area contributed by atoms with Gasteiger partial charge in [0.1, 0.15) is 0 Å². The molecule has 0 saturated carbocycles. The molecule has 1 aromatic rings. The van der Waals surface area contributed by atoms with Crippen LogP contribution in [0.4, 0.5) is 0 Å². The van der Waals surface area contributed by atoms with Crippen LogP contribution >= 0.6 is 0 Å². The van der Waals surface area contributed by atoms with Crippen LogP contribution in [0.2, 0.25) is 0 Å². The summed E-state index contributed by atoms with van der Waals surface area (Å²) in [6.45, 7) is 7.47. The first-order chi connectivity index (χ1) is 8.74. The number of benzene rings is 1. The van der Waals surface area contributed by atoms with E-state index in [0.717, 1.165) is 44.2 Å². The lowest BCUT2D eigenvalue weighted by Gasteiger charge is -2.28. The maximum atomic E-state index is 5.37. The first-order valence-corrected chi connectivity index (χ1v) is 6.39. The monoisotopic (exact) mass is 250 g/mol. The Morgan fingerprint density at radius 1 is 1.11 bits per heavy atom. The zero-order valence-electron chi connectivity index (χ0n) is 11.5. The molecule has 0 atom stereocenters. The van der Waals surface area contributed by atoms with Crippen LogP contribution in [0.25, 0.3) is 0 Å². The van der Waals surface area contributed by atoms with Crippen LogP contribution < -0.4 is 14.8 Å². The van der Waals surface area contributed by atoms with Crippen molar-refractivity contribution in [2.45, 2.75) is 13.5 Å². The van der Waals surface area contributed by atoms with E-state index in [1.165, 1.54) is 11.1 Å². The highest BCUT2D eigenvalue weighted by molar-refractivity contribution is 5.47. The van der Waals surface area contributed by atoms with Crippen molar-refractivity contribution in [3.63, 3.8) is 0 Å². The van der Waals surface area contributed by atoms with Crippen LogP contribution in [0.1, 0.15) is 11.1 Å². The summed E-state index contributed by atoms with van der Waals surface area (Å²) in [5.74, 6) is 1.62. The summed E-state index contributed by atoms with van der Waals surface area (Å²) in [6.07, 6.45) is 0. The summed E-state index contributed by atoms with van der Waals surface area (Å²) in [7, 11) is 3.36. The van der Waals surface area contributed by atoms with Crippen molar-refractivity contribution in [1.82, 2.24) is 10.2 Å². The molecule has 1 aliphatic heterocycles. The maximum absolute atomic E-state index is 5.37. The van der Waals surface area contributed by atoms with Crippen LogP contribution in [0, 0.1) is 6.92 Å². The minimum Gasteiger partial charge on any atom is -0.493 e. The second-order valence-corrected chi connectivity index (χ2v) is 4.66. The van der Waals surface area contributed by atoms with Crippen molar-refractivity contribution in [3.05, 3.63) is 23.3 Å². The Hall–Kier alpha value is -1.26. The minimum atomic E-state index is 0.805. The summed E-state index contributed by atoms with van der Waals surface area (Å²) < 4.78 is 10.7. The minimum absolute atomic E-state index is 0.805. The highest BCUT2D eigenvalue weighted by Crippen LogP contribution is 2.30. The average Bonchev–Trinajstić information content (AvgIpc) is 2.41. The zero-order chi connectivity index (χ0) is 13.0. The second kappa shape index (κ2) is 6.07. The molecule has 0 radical (unpaired) electrons. The number of ether oxygens (including phenoxy) is 2. The average molecular weight is 250 g/mol. The van der Waals surface area contributed by atoms with Gasteiger partial charge in [-0.3, -0.25) is 4.90 Å². The van der Waals surface area contributed by atoms with Crippen molar-refractivity contribution >= 4 is 0 Å². The van der Waals surface area contributed by atoms with Crippen LogP contribution in [-0.2, 0) is 6.54 Å². The summed E-state index contributed by atoms with van der Waals surface area (Å²) in [5.41, 5.74) is 2.57. The van der Waals surface area contributed by atoms with Crippen molar-refractivity contribution in [2.75, 3.05) is 40.4 Å². The van der Waals surface area contributed by atoms with Crippen molar-refractivity contribution in [2.24, 2.45) is 0 Å². The molecule has 1 N–H and O–H groups in total. The van der Waals surface area contributed by atoms with E-state index in [1.807, 2.05) is 0 Å². The van der Waals surface area contributed by atoms with Gasteiger partial charge in [-0.15, -0.1) is 0 Å². The molecule has 4 heteroatoms. The van der Waals surface area contributed by atoms with Crippen molar-refractivity contribution in [1.29, 1.82) is 0 Å². The summed E-state index contributed by atoms with van der Waals surface area (Å²) in [6, 6.07) is 4.15. The van der Waals surface area contributed by atoms with E-state index >= 15 is 0 Å². The Bertz CT molecular complexity index is 401. The van der Waals surface area contributed by atoms with Crippen molar-refractivity contribution < 1.29 is 9.47 Å². The first kappa shape index (κ1) is 13.2. The third kappa shape index (κ3) is 2.94. The normalized spacial score (nSPS) is 16.6. The number of hydrogen-bond acceptors (Lipinski definition) is 4. The number of nitrogens with zero attached hydrogens (tertiary/aromatic N) is 1. The van der Waals surface area contributed by atoms with Gasteiger partial charge in [0.15, 0.2) is 11.5 Å². The number of aryl methyl sites for hydroxylation is 1. The highest BCUT2D eigenvalue weighted by atomic mass is 16.5. The van der Waals surface area contributed by atoms with Crippen LogP contribution in [0.15, 0.2) is 12.1 Å². The Balaban J connectivity index is 2.16. The predicted molar refractivity (Wildman–Crippen MR) is 72.4 cm³/mol. The summed E-state index contributed by atoms with van der Waals surface area (Å²) in [4.78, 5) is 2.46. The van der Waals surface area contributed by atoms with Gasteiger partial charge in [-0.25, -0.2) is 0 Å². The Morgan fingerprint density at radius 3 is 2.33 bits per heavy atom. The summed E-state index contributed by atoms with van der Waals surface area (Å²) in [5, 5.41) is 3.37. The van der Waals surface area contributed by atoms with E-state index < -0.39 is 0 Å². The molecule has 0 amide bonds. The van der Waals surface area contributed by atoms with Gasteiger partial charge in [0.2, 0.25) is 0 Å². The quantitative estimate of drug-likeness (QED) is 0.876. The Morgan fingerprint density at radius 2 is 1.72 bits per heavy atom. The number of methoxy groups -OCH3 is 2. The van der Waals surface area contributed by atoms with E-state index in [0.29, 0.717) is 0 Å². The van der Waals surface area contributed by atoms with E-state index in [9.17, 15) is 0 Å². The van der Waals surface area contributed by atoms with E-state index in [1.54, 1.807) is 14.2 Å². The van der Waals surface area contributed by atoms with Gasteiger partial charge < -0.3 is 14.8 Å². The van der Waals surface area contributed by atoms with E-state index in [4.69, 9.17) is 9.47 Å². The molecule has 4 nitrogen and oxygen atoms in total. The maximum Gasteiger partial charge on any atom is 0.161 e. The van der Waals surface area contributed by atoms with Crippen LogP contribution in [0.3, 0.4) is 0 Å². The molecule has 0 bridgehead atoms. The SMILES string of the molecule is COc1cc(C)c(CN2CCNCC2)cc1OC. The van der Waals surface area contributed by atoms with E-state index in [2.05, 4.69) is 29.3 Å². The third-order valence-corrected chi connectivity index (χ3v) is 3.45. The largest absolute Gasteiger partial charge is 0.493 e. The number of rotatable bonds is 4. The second-order valence-electron chi connectivity index (χ2n) is 4.66. The predicted octanol–water partition coefficient (Wildman–Crippen LogP) is 1.42. The van der Waals surface area contributed by atoms with Gasteiger partial charge in [-0.05, 0) is 30.2 Å². The first-order valence-electron chi connectivity index (χ1n) is 6.39. The molecule has 1 heterocycles. The molecule has 1 saturated heterocycles. The van der Waals surface area contributed by atoms with Crippen LogP contribution in [-0.4, -0.2) is 45.3 Å². The fourth-order valence-corrected chi connectivity index (χ4v) is 2.30. The molecule has 100 valence electrons. The topological polar surface area (TPSA) is 33.7 Å². The fourth-order valence-electron chi connectivity index (χ4n) is 2.30. The highest BCUT2D eigenvalue weighted by Gasteiger charge is 2.13. The lowest BCUT2D eigenvalue weighted by molar-refractivity contribution is 0.232. The molecule has 1 aliphatic rings. The van der Waals surface area contributed by atoms with Crippen molar-refractivity contribution in [3.8, 4) is 11.5 Å². The lowest BCUT2D eigenvalue weighted by atomic mass is 10.1. The molecule has 1 aromatic carbocycles. The molecular formula is C14H22N2O2. The lowest BCUT2D eigenvalue weighted by Crippen LogP contribution is -2.43. The summed E-state index contributed by atoms with van der Waals surface area (Å²) >= 11 is 0.